The van der Waals surface area contributed by atoms with Crippen LogP contribution in [0.5, 0.6) is 0 Å². The zero-order valence-corrected chi connectivity index (χ0v) is 13.4. The molecule has 0 spiro atoms. The lowest BCUT2D eigenvalue weighted by atomic mass is 9.94. The van der Waals surface area contributed by atoms with Crippen molar-refractivity contribution < 1.29 is 9.59 Å². The molecule has 0 saturated carbocycles. The lowest BCUT2D eigenvalue weighted by Crippen LogP contribution is -2.40. The fourth-order valence-corrected chi connectivity index (χ4v) is 2.27. The lowest BCUT2D eigenvalue weighted by Gasteiger charge is -2.20. The topological polar surface area (TPSA) is 75.4 Å². The van der Waals surface area contributed by atoms with Crippen LogP contribution >= 0.6 is 0 Å². The molecule has 118 valence electrons. The van der Waals surface area contributed by atoms with Crippen LogP contribution in [-0.2, 0) is 9.59 Å². The fourth-order valence-electron chi connectivity index (χ4n) is 2.27. The lowest BCUT2D eigenvalue weighted by molar-refractivity contribution is -0.135. The molecule has 0 rings (SSSR count). The summed E-state index contributed by atoms with van der Waals surface area (Å²) in [5.41, 5.74) is 5.59. The predicted molar refractivity (Wildman–Crippen MR) is 82.2 cm³/mol. The van der Waals surface area contributed by atoms with Crippen LogP contribution in [0.3, 0.4) is 0 Å². The monoisotopic (exact) mass is 285 g/mol. The first-order chi connectivity index (χ1) is 9.40. The Morgan fingerprint density at radius 1 is 1.20 bits per heavy atom. The molecule has 0 saturated heterocycles. The second-order valence-electron chi connectivity index (χ2n) is 5.74. The first-order valence-corrected chi connectivity index (χ1v) is 7.64. The van der Waals surface area contributed by atoms with E-state index >= 15 is 0 Å². The van der Waals surface area contributed by atoms with Crippen molar-refractivity contribution in [1.29, 1.82) is 0 Å². The number of likely N-dealkylation sites (N-methyl/N-ethyl adjacent to an activating group) is 1. The molecule has 20 heavy (non-hydrogen) atoms. The molecule has 0 aromatic rings. The van der Waals surface area contributed by atoms with Gasteiger partial charge in [-0.3, -0.25) is 9.59 Å². The maximum Gasteiger partial charge on any atom is 0.239 e. The van der Waals surface area contributed by atoms with E-state index in [1.165, 1.54) is 4.90 Å². The Labute approximate surface area is 123 Å². The van der Waals surface area contributed by atoms with Gasteiger partial charge in [0.2, 0.25) is 11.8 Å². The molecule has 3 N–H and O–H groups in total. The van der Waals surface area contributed by atoms with Gasteiger partial charge in [-0.2, -0.15) is 0 Å². The van der Waals surface area contributed by atoms with E-state index < -0.39 is 0 Å². The second-order valence-corrected chi connectivity index (χ2v) is 5.74. The first-order valence-electron chi connectivity index (χ1n) is 7.64. The highest BCUT2D eigenvalue weighted by atomic mass is 16.2. The summed E-state index contributed by atoms with van der Waals surface area (Å²) >= 11 is 0. The summed E-state index contributed by atoms with van der Waals surface area (Å²) in [5.74, 6) is 0.441. The molecule has 0 radical (unpaired) electrons. The summed E-state index contributed by atoms with van der Waals surface area (Å²) in [6.45, 7) is 6.76. The third kappa shape index (κ3) is 8.91. The number of nitrogens with two attached hydrogens (primary N) is 1. The van der Waals surface area contributed by atoms with E-state index in [-0.39, 0.29) is 24.4 Å². The van der Waals surface area contributed by atoms with Crippen LogP contribution in [0.15, 0.2) is 0 Å². The number of hydrogen-bond acceptors (Lipinski definition) is 3. The molecule has 5 nitrogen and oxygen atoms in total. The van der Waals surface area contributed by atoms with Gasteiger partial charge < -0.3 is 16.0 Å². The zero-order chi connectivity index (χ0) is 15.5. The molecule has 2 amide bonds. The minimum absolute atomic E-state index is 0.0297. The predicted octanol–water partition coefficient (Wildman–Crippen LogP) is 1.51. The summed E-state index contributed by atoms with van der Waals surface area (Å²) in [6.07, 6.45) is 4.56. The highest BCUT2D eigenvalue weighted by molar-refractivity contribution is 5.84. The number of amides is 2. The molecular weight excluding hydrogens is 254 g/mol. The molecule has 1 atom stereocenters. The zero-order valence-electron chi connectivity index (χ0n) is 13.4. The van der Waals surface area contributed by atoms with E-state index in [2.05, 4.69) is 12.2 Å². The normalized spacial score (nSPS) is 12.3. The van der Waals surface area contributed by atoms with Gasteiger partial charge in [-0.1, -0.05) is 19.8 Å². The summed E-state index contributed by atoms with van der Waals surface area (Å²) in [6, 6.07) is 0.101. The summed E-state index contributed by atoms with van der Waals surface area (Å²) < 4.78 is 0. The Morgan fingerprint density at radius 3 is 2.35 bits per heavy atom. The van der Waals surface area contributed by atoms with E-state index in [1.54, 1.807) is 7.05 Å². The Morgan fingerprint density at radius 2 is 1.85 bits per heavy atom. The van der Waals surface area contributed by atoms with E-state index in [0.29, 0.717) is 18.9 Å². The van der Waals surface area contributed by atoms with Crippen molar-refractivity contribution >= 4 is 11.8 Å². The molecule has 0 aliphatic heterocycles. The third-order valence-corrected chi connectivity index (χ3v) is 3.29. The quantitative estimate of drug-likeness (QED) is 0.639. The van der Waals surface area contributed by atoms with Gasteiger partial charge in [0.25, 0.3) is 0 Å². The molecule has 0 aliphatic carbocycles. The van der Waals surface area contributed by atoms with Crippen LogP contribution in [0.2, 0.25) is 0 Å². The number of rotatable bonds is 10. The maximum absolute atomic E-state index is 12.0. The van der Waals surface area contributed by atoms with Gasteiger partial charge in [-0.25, -0.2) is 0 Å². The van der Waals surface area contributed by atoms with E-state index in [4.69, 9.17) is 5.73 Å². The number of hydrogen-bond donors (Lipinski definition) is 2. The molecule has 5 heteroatoms. The third-order valence-electron chi connectivity index (χ3n) is 3.29. The van der Waals surface area contributed by atoms with Gasteiger partial charge >= 0.3 is 0 Å². The molecule has 0 heterocycles. The number of nitrogens with zero attached hydrogens (tertiary/aromatic N) is 1. The standard InChI is InChI=1S/C15H31N3O2/c1-5-6-13(9-10-16)7-8-15(20)18(4)11-14(19)17-12(2)3/h12-13H,5-11,16H2,1-4H3,(H,17,19). The van der Waals surface area contributed by atoms with Gasteiger partial charge in [-0.05, 0) is 39.2 Å². The average molecular weight is 285 g/mol. The van der Waals surface area contributed by atoms with Crippen LogP contribution in [0.1, 0.15) is 52.9 Å². The largest absolute Gasteiger partial charge is 0.352 e. The van der Waals surface area contributed by atoms with E-state index in [1.807, 2.05) is 13.8 Å². The van der Waals surface area contributed by atoms with Crippen molar-refractivity contribution in [1.82, 2.24) is 10.2 Å². The van der Waals surface area contributed by atoms with Crippen LogP contribution in [0, 0.1) is 5.92 Å². The van der Waals surface area contributed by atoms with Gasteiger partial charge in [0, 0.05) is 19.5 Å². The summed E-state index contributed by atoms with van der Waals surface area (Å²) in [5, 5.41) is 2.78. The minimum atomic E-state index is -0.108. The summed E-state index contributed by atoms with van der Waals surface area (Å²) in [4.78, 5) is 25.1. The van der Waals surface area contributed by atoms with Crippen molar-refractivity contribution in [2.24, 2.45) is 11.7 Å². The van der Waals surface area contributed by atoms with Crippen molar-refractivity contribution in [2.75, 3.05) is 20.1 Å². The highest BCUT2D eigenvalue weighted by Crippen LogP contribution is 2.17. The number of carbonyl (C=O) groups excluding carboxylic acids is 2. The van der Waals surface area contributed by atoms with Gasteiger partial charge in [0.1, 0.15) is 0 Å². The van der Waals surface area contributed by atoms with Crippen LogP contribution in [-0.4, -0.2) is 42.9 Å². The Hall–Kier alpha value is -1.10. The Kier molecular flexibility index (Phi) is 10.1. The van der Waals surface area contributed by atoms with Crippen molar-refractivity contribution in [3.05, 3.63) is 0 Å². The minimum Gasteiger partial charge on any atom is -0.352 e. The Bertz CT molecular complexity index is 287. The number of carbonyl (C=O) groups is 2. The van der Waals surface area contributed by atoms with Crippen LogP contribution in [0.4, 0.5) is 0 Å². The molecule has 0 fully saturated rings. The van der Waals surface area contributed by atoms with Crippen LogP contribution < -0.4 is 11.1 Å². The van der Waals surface area contributed by atoms with Crippen molar-refractivity contribution in [2.45, 2.75) is 58.9 Å². The van der Waals surface area contributed by atoms with Gasteiger partial charge in [0.15, 0.2) is 0 Å². The van der Waals surface area contributed by atoms with Crippen molar-refractivity contribution in [3.63, 3.8) is 0 Å². The van der Waals surface area contributed by atoms with E-state index in [0.717, 1.165) is 25.7 Å². The molecular formula is C15H31N3O2. The SMILES string of the molecule is CCCC(CCN)CCC(=O)N(C)CC(=O)NC(C)C. The molecule has 0 aromatic carbocycles. The first kappa shape index (κ1) is 18.9. The number of nitrogens with one attached hydrogen (secondary N) is 1. The molecule has 0 aromatic heterocycles. The Balaban J connectivity index is 4.08. The molecule has 0 bridgehead atoms. The average Bonchev–Trinajstić information content (AvgIpc) is 2.34. The van der Waals surface area contributed by atoms with E-state index in [9.17, 15) is 9.59 Å². The maximum atomic E-state index is 12.0. The van der Waals surface area contributed by atoms with Crippen LogP contribution in [0.25, 0.3) is 0 Å². The molecule has 1 unspecified atom stereocenters. The highest BCUT2D eigenvalue weighted by Gasteiger charge is 2.15. The fraction of sp³-hybridized carbons (Fsp3) is 0.867. The van der Waals surface area contributed by atoms with Gasteiger partial charge in [0.05, 0.1) is 6.54 Å². The smallest absolute Gasteiger partial charge is 0.239 e. The second kappa shape index (κ2) is 10.7. The van der Waals surface area contributed by atoms with Gasteiger partial charge in [-0.15, -0.1) is 0 Å². The molecule has 0 aliphatic rings. The van der Waals surface area contributed by atoms with Crippen molar-refractivity contribution in [3.8, 4) is 0 Å². The summed E-state index contributed by atoms with van der Waals surface area (Å²) in [7, 11) is 1.68.